The highest BCUT2D eigenvalue weighted by Crippen LogP contribution is 2.30. The van der Waals surface area contributed by atoms with Gasteiger partial charge >= 0.3 is 16.1 Å². The number of aromatic hydroxyl groups is 1. The number of aryl methyl sites for hydroxylation is 1. The minimum absolute atomic E-state index is 0.0547. The summed E-state index contributed by atoms with van der Waals surface area (Å²) < 4.78 is 33.8. The van der Waals surface area contributed by atoms with Crippen molar-refractivity contribution in [1.29, 1.82) is 0 Å². The molecule has 0 heterocycles. The Morgan fingerprint density at radius 3 is 2.32 bits per heavy atom. The summed E-state index contributed by atoms with van der Waals surface area (Å²) in [4.78, 5) is 11.4. The lowest BCUT2D eigenvalue weighted by Crippen LogP contribution is -2.10. The van der Waals surface area contributed by atoms with Crippen LogP contribution in [0.15, 0.2) is 47.4 Å². The zero-order valence-electron chi connectivity index (χ0n) is 11.9. The summed E-state index contributed by atoms with van der Waals surface area (Å²) in [6, 6.07) is 9.60. The third-order valence-corrected chi connectivity index (χ3v) is 4.14. The number of hydrogen-bond acceptors (Lipinski definition) is 6. The summed E-state index contributed by atoms with van der Waals surface area (Å²) in [5, 5.41) is 9.70. The molecule has 0 saturated carbocycles. The van der Waals surface area contributed by atoms with Gasteiger partial charge in [0, 0.05) is 6.07 Å². The molecule has 2 rings (SSSR count). The fraction of sp³-hybridized carbons (Fsp3) is 0.133. The van der Waals surface area contributed by atoms with E-state index in [9.17, 15) is 18.3 Å². The molecule has 22 heavy (non-hydrogen) atoms. The number of phenols is 1. The van der Waals surface area contributed by atoms with Crippen LogP contribution in [0.3, 0.4) is 0 Å². The average Bonchev–Trinajstić information content (AvgIpc) is 2.49. The van der Waals surface area contributed by atoms with Gasteiger partial charge in [-0.3, -0.25) is 0 Å². The van der Waals surface area contributed by atoms with Crippen LogP contribution in [0.2, 0.25) is 0 Å². The molecule has 6 nitrogen and oxygen atoms in total. The molecule has 0 saturated heterocycles. The lowest BCUT2D eigenvalue weighted by Gasteiger charge is -2.10. The molecule has 0 unspecified atom stereocenters. The maximum Gasteiger partial charge on any atom is 0.339 e. The first-order valence-corrected chi connectivity index (χ1v) is 7.67. The standard InChI is InChI=1S/C15H14O6S/c1-10-3-6-12(7-4-10)22(18,19)21-14-9-11(15(17)20-2)5-8-13(14)16/h3-9,16H,1-2H3. The maximum atomic E-state index is 12.2. The van der Waals surface area contributed by atoms with Gasteiger partial charge < -0.3 is 14.0 Å². The van der Waals surface area contributed by atoms with Gasteiger partial charge in [-0.05, 0) is 31.2 Å². The summed E-state index contributed by atoms with van der Waals surface area (Å²) in [6.07, 6.45) is 0. The minimum atomic E-state index is -4.11. The first-order valence-electron chi connectivity index (χ1n) is 6.26. The van der Waals surface area contributed by atoms with Crippen molar-refractivity contribution in [3.8, 4) is 11.5 Å². The predicted octanol–water partition coefficient (Wildman–Crippen LogP) is 2.25. The first-order chi connectivity index (χ1) is 10.3. The van der Waals surface area contributed by atoms with Gasteiger partial charge in [0.25, 0.3) is 0 Å². The van der Waals surface area contributed by atoms with Crippen molar-refractivity contribution in [2.24, 2.45) is 0 Å². The first kappa shape index (κ1) is 15.8. The Bertz CT molecular complexity index is 793. The molecular weight excluding hydrogens is 308 g/mol. The molecular formula is C15H14O6S. The van der Waals surface area contributed by atoms with E-state index in [1.807, 2.05) is 6.92 Å². The highest BCUT2D eigenvalue weighted by Gasteiger charge is 2.20. The van der Waals surface area contributed by atoms with Crippen LogP contribution in [0.25, 0.3) is 0 Å². The summed E-state index contributed by atoms with van der Waals surface area (Å²) in [5.74, 6) is -1.41. The molecule has 2 aromatic rings. The van der Waals surface area contributed by atoms with Crippen molar-refractivity contribution in [1.82, 2.24) is 0 Å². The number of methoxy groups -OCH3 is 1. The molecule has 0 amide bonds. The molecule has 0 bridgehead atoms. The van der Waals surface area contributed by atoms with Crippen molar-refractivity contribution < 1.29 is 27.2 Å². The van der Waals surface area contributed by atoms with Crippen LogP contribution in [-0.4, -0.2) is 26.6 Å². The third kappa shape index (κ3) is 3.37. The second-order valence-electron chi connectivity index (χ2n) is 4.52. The summed E-state index contributed by atoms with van der Waals surface area (Å²) >= 11 is 0. The SMILES string of the molecule is COC(=O)c1ccc(O)c(OS(=O)(=O)c2ccc(C)cc2)c1. The number of phenolic OH excluding ortho intramolecular Hbond substituents is 1. The number of ether oxygens (including phenoxy) is 1. The average molecular weight is 322 g/mol. The topological polar surface area (TPSA) is 89.9 Å². The normalized spacial score (nSPS) is 11.0. The zero-order valence-corrected chi connectivity index (χ0v) is 12.8. The van der Waals surface area contributed by atoms with Crippen LogP contribution in [0.4, 0.5) is 0 Å². The van der Waals surface area contributed by atoms with E-state index in [4.69, 9.17) is 4.18 Å². The van der Waals surface area contributed by atoms with Gasteiger partial charge in [0.1, 0.15) is 4.90 Å². The highest BCUT2D eigenvalue weighted by atomic mass is 32.2. The molecule has 0 aliphatic carbocycles. The molecule has 0 spiro atoms. The number of benzene rings is 2. The predicted molar refractivity (Wildman–Crippen MR) is 78.4 cm³/mol. The number of esters is 1. The van der Waals surface area contributed by atoms with E-state index in [0.717, 1.165) is 17.7 Å². The van der Waals surface area contributed by atoms with Crippen LogP contribution < -0.4 is 4.18 Å². The molecule has 0 atom stereocenters. The molecule has 7 heteroatoms. The fourth-order valence-electron chi connectivity index (χ4n) is 1.70. The molecule has 116 valence electrons. The van der Waals surface area contributed by atoms with Gasteiger partial charge in [0.2, 0.25) is 0 Å². The molecule has 0 aromatic heterocycles. The van der Waals surface area contributed by atoms with E-state index in [-0.39, 0.29) is 16.2 Å². The van der Waals surface area contributed by atoms with Crippen LogP contribution in [-0.2, 0) is 14.9 Å². The quantitative estimate of drug-likeness (QED) is 0.686. The Morgan fingerprint density at radius 1 is 1.09 bits per heavy atom. The smallest absolute Gasteiger partial charge is 0.339 e. The fourth-order valence-corrected chi connectivity index (χ4v) is 2.63. The minimum Gasteiger partial charge on any atom is -0.504 e. The second kappa shape index (κ2) is 6.07. The monoisotopic (exact) mass is 322 g/mol. The molecule has 1 N–H and O–H groups in total. The van der Waals surface area contributed by atoms with Crippen molar-refractivity contribution >= 4 is 16.1 Å². The van der Waals surface area contributed by atoms with Crippen molar-refractivity contribution in [2.75, 3.05) is 7.11 Å². The van der Waals surface area contributed by atoms with E-state index in [1.165, 1.54) is 25.3 Å². The molecule has 0 aliphatic heterocycles. The highest BCUT2D eigenvalue weighted by molar-refractivity contribution is 7.87. The van der Waals surface area contributed by atoms with E-state index in [1.54, 1.807) is 12.1 Å². The Balaban J connectivity index is 2.37. The lowest BCUT2D eigenvalue weighted by atomic mass is 10.2. The van der Waals surface area contributed by atoms with E-state index in [2.05, 4.69) is 4.74 Å². The summed E-state index contributed by atoms with van der Waals surface area (Å²) in [7, 11) is -2.92. The van der Waals surface area contributed by atoms with Crippen molar-refractivity contribution in [3.63, 3.8) is 0 Å². The Morgan fingerprint density at radius 2 is 1.73 bits per heavy atom. The zero-order chi connectivity index (χ0) is 16.3. The number of carbonyl (C=O) groups is 1. The van der Waals surface area contributed by atoms with Gasteiger partial charge in [-0.25, -0.2) is 4.79 Å². The molecule has 0 radical (unpaired) electrons. The number of hydrogen-bond donors (Lipinski definition) is 1. The third-order valence-electron chi connectivity index (χ3n) is 2.89. The van der Waals surface area contributed by atoms with Crippen LogP contribution in [0, 0.1) is 6.92 Å². The van der Waals surface area contributed by atoms with Gasteiger partial charge in [-0.1, -0.05) is 17.7 Å². The number of carbonyl (C=O) groups excluding carboxylic acids is 1. The maximum absolute atomic E-state index is 12.2. The van der Waals surface area contributed by atoms with Crippen LogP contribution in [0.5, 0.6) is 11.5 Å². The molecule has 0 aliphatic rings. The van der Waals surface area contributed by atoms with E-state index in [0.29, 0.717) is 0 Å². The van der Waals surface area contributed by atoms with Crippen molar-refractivity contribution in [2.45, 2.75) is 11.8 Å². The van der Waals surface area contributed by atoms with Gasteiger partial charge in [-0.15, -0.1) is 0 Å². The Hall–Kier alpha value is -2.54. The summed E-state index contributed by atoms with van der Waals surface area (Å²) in [6.45, 7) is 1.82. The molecule has 2 aromatic carbocycles. The van der Waals surface area contributed by atoms with E-state index < -0.39 is 21.8 Å². The molecule has 0 fully saturated rings. The lowest BCUT2D eigenvalue weighted by molar-refractivity contribution is 0.0600. The Kier molecular flexibility index (Phi) is 4.37. The van der Waals surface area contributed by atoms with Gasteiger partial charge in [-0.2, -0.15) is 8.42 Å². The van der Waals surface area contributed by atoms with Crippen LogP contribution >= 0.6 is 0 Å². The van der Waals surface area contributed by atoms with Crippen molar-refractivity contribution in [3.05, 3.63) is 53.6 Å². The summed E-state index contributed by atoms with van der Waals surface area (Å²) in [5.41, 5.74) is 0.962. The largest absolute Gasteiger partial charge is 0.504 e. The number of rotatable bonds is 4. The van der Waals surface area contributed by atoms with E-state index >= 15 is 0 Å². The van der Waals surface area contributed by atoms with Gasteiger partial charge in [0.15, 0.2) is 11.5 Å². The second-order valence-corrected chi connectivity index (χ2v) is 6.07. The Labute approximate surface area is 128 Å². The van der Waals surface area contributed by atoms with Gasteiger partial charge in [0.05, 0.1) is 12.7 Å². The van der Waals surface area contributed by atoms with Crippen LogP contribution in [0.1, 0.15) is 15.9 Å².